The second-order valence-corrected chi connectivity index (χ2v) is 10.5. The lowest BCUT2D eigenvalue weighted by Gasteiger charge is -2.26. The molecule has 160 valence electrons. The lowest BCUT2D eigenvalue weighted by molar-refractivity contribution is 0.214. The largest absolute Gasteiger partial charge is 0.296 e. The Labute approximate surface area is 185 Å². The van der Waals surface area contributed by atoms with Gasteiger partial charge in [-0.15, -0.1) is 21.5 Å². The van der Waals surface area contributed by atoms with Crippen LogP contribution in [0.1, 0.15) is 56.6 Å². The fourth-order valence-corrected chi connectivity index (χ4v) is 5.40. The zero-order valence-corrected chi connectivity index (χ0v) is 19.4. The van der Waals surface area contributed by atoms with Gasteiger partial charge in [0.25, 0.3) is 0 Å². The van der Waals surface area contributed by atoms with E-state index in [1.54, 1.807) is 35.2 Å². The maximum absolute atomic E-state index is 13.5. The van der Waals surface area contributed by atoms with E-state index in [1.165, 1.54) is 31.4 Å². The summed E-state index contributed by atoms with van der Waals surface area (Å²) in [5.74, 6) is 1.39. The molecule has 0 N–H and O–H groups in total. The quantitative estimate of drug-likeness (QED) is 0.473. The Bertz CT molecular complexity index is 968. The number of aromatic nitrogens is 4. The lowest BCUT2D eigenvalue weighted by atomic mass is 9.98. The van der Waals surface area contributed by atoms with Crippen LogP contribution in [-0.4, -0.2) is 37.7 Å². The third kappa shape index (κ3) is 5.10. The molecule has 0 saturated carbocycles. The van der Waals surface area contributed by atoms with Gasteiger partial charge in [-0.1, -0.05) is 39.0 Å². The summed E-state index contributed by atoms with van der Waals surface area (Å²) in [4.78, 5) is 7.22. The van der Waals surface area contributed by atoms with Crippen LogP contribution in [0.15, 0.2) is 34.8 Å². The van der Waals surface area contributed by atoms with Gasteiger partial charge in [0, 0.05) is 22.2 Å². The van der Waals surface area contributed by atoms with Crippen molar-refractivity contribution in [1.82, 2.24) is 24.6 Å². The number of thioether (sulfide) groups is 1. The summed E-state index contributed by atoms with van der Waals surface area (Å²) in [6, 6.07) is 6.57. The van der Waals surface area contributed by atoms with Crippen LogP contribution in [0.2, 0.25) is 0 Å². The topological polar surface area (TPSA) is 46.8 Å². The van der Waals surface area contributed by atoms with Crippen LogP contribution in [-0.2, 0) is 17.7 Å². The molecule has 0 unspecified atom stereocenters. The van der Waals surface area contributed by atoms with Crippen molar-refractivity contribution in [2.75, 3.05) is 13.1 Å². The zero-order chi connectivity index (χ0) is 21.1. The molecule has 3 heterocycles. The maximum atomic E-state index is 13.5. The molecule has 1 saturated heterocycles. The third-order valence-electron chi connectivity index (χ3n) is 5.14. The molecule has 5 nitrogen and oxygen atoms in total. The average molecular weight is 446 g/mol. The normalized spacial score (nSPS) is 15.6. The van der Waals surface area contributed by atoms with Gasteiger partial charge in [0.15, 0.2) is 11.0 Å². The minimum Gasteiger partial charge on any atom is -0.296 e. The molecule has 4 rings (SSSR count). The average Bonchev–Trinajstić information content (AvgIpc) is 3.35. The summed E-state index contributed by atoms with van der Waals surface area (Å²) in [6.45, 7) is 9.48. The van der Waals surface area contributed by atoms with E-state index in [9.17, 15) is 4.39 Å². The van der Waals surface area contributed by atoms with E-state index in [0.717, 1.165) is 52.8 Å². The van der Waals surface area contributed by atoms with Crippen LogP contribution in [0.3, 0.4) is 0 Å². The van der Waals surface area contributed by atoms with E-state index in [1.807, 2.05) is 0 Å². The van der Waals surface area contributed by atoms with E-state index in [0.29, 0.717) is 0 Å². The Balaban J connectivity index is 1.57. The Morgan fingerprint density at radius 1 is 1.07 bits per heavy atom. The molecule has 30 heavy (non-hydrogen) atoms. The Kier molecular flexibility index (Phi) is 6.55. The zero-order valence-electron chi connectivity index (χ0n) is 17.8. The van der Waals surface area contributed by atoms with Crippen molar-refractivity contribution in [3.05, 3.63) is 52.0 Å². The van der Waals surface area contributed by atoms with Gasteiger partial charge in [-0.3, -0.25) is 9.47 Å². The first-order valence-corrected chi connectivity index (χ1v) is 12.3. The predicted octanol–water partition coefficient (Wildman–Crippen LogP) is 5.44. The number of thiazole rings is 1. The van der Waals surface area contributed by atoms with Crippen molar-refractivity contribution < 1.29 is 4.39 Å². The van der Waals surface area contributed by atoms with Gasteiger partial charge >= 0.3 is 0 Å². The van der Waals surface area contributed by atoms with E-state index in [2.05, 4.69) is 45.8 Å². The van der Waals surface area contributed by atoms with Crippen molar-refractivity contribution >= 4 is 23.1 Å². The minimum absolute atomic E-state index is 0.0589. The van der Waals surface area contributed by atoms with Crippen molar-refractivity contribution in [1.29, 1.82) is 0 Å². The van der Waals surface area contributed by atoms with Crippen molar-refractivity contribution in [2.45, 2.75) is 62.9 Å². The van der Waals surface area contributed by atoms with Gasteiger partial charge in [-0.05, 0) is 50.2 Å². The van der Waals surface area contributed by atoms with Gasteiger partial charge in [0.1, 0.15) is 5.82 Å². The summed E-state index contributed by atoms with van der Waals surface area (Å²) in [5, 5.41) is 13.1. The van der Waals surface area contributed by atoms with Crippen molar-refractivity contribution in [2.24, 2.45) is 0 Å². The number of hydrogen-bond acceptors (Lipinski definition) is 6. The van der Waals surface area contributed by atoms with E-state index >= 15 is 0 Å². The molecular weight excluding hydrogens is 417 g/mol. The standard InChI is InChI=1S/C22H28FN5S2/c1-22(2,3)20-24-17(14-29-20)15-30-21-26-25-19(13-27-11-5-4-6-12-27)28(21)18-9-7-16(23)8-10-18/h7-10,14H,4-6,11-13,15H2,1-3H3. The van der Waals surface area contributed by atoms with Gasteiger partial charge in [0.2, 0.25) is 0 Å². The molecule has 0 atom stereocenters. The summed E-state index contributed by atoms with van der Waals surface area (Å²) in [6.07, 6.45) is 3.75. The summed E-state index contributed by atoms with van der Waals surface area (Å²) >= 11 is 3.33. The summed E-state index contributed by atoms with van der Waals surface area (Å²) in [5.41, 5.74) is 2.01. The molecule has 1 aromatic carbocycles. The van der Waals surface area contributed by atoms with Crippen molar-refractivity contribution in [3.63, 3.8) is 0 Å². The van der Waals surface area contributed by atoms with Crippen LogP contribution in [0.25, 0.3) is 5.69 Å². The maximum Gasteiger partial charge on any atom is 0.196 e. The lowest BCUT2D eigenvalue weighted by Crippen LogP contribution is -2.30. The van der Waals surface area contributed by atoms with E-state index < -0.39 is 0 Å². The molecule has 3 aromatic rings. The minimum atomic E-state index is -0.240. The van der Waals surface area contributed by atoms with E-state index in [-0.39, 0.29) is 11.2 Å². The summed E-state index contributed by atoms with van der Waals surface area (Å²) in [7, 11) is 0. The molecule has 0 amide bonds. The molecule has 1 aliphatic rings. The number of hydrogen-bond donors (Lipinski definition) is 0. The molecule has 0 radical (unpaired) electrons. The van der Waals surface area contributed by atoms with Crippen LogP contribution in [0.5, 0.6) is 0 Å². The monoisotopic (exact) mass is 445 g/mol. The van der Waals surface area contributed by atoms with Crippen LogP contribution < -0.4 is 0 Å². The van der Waals surface area contributed by atoms with Crippen LogP contribution >= 0.6 is 23.1 Å². The highest BCUT2D eigenvalue weighted by molar-refractivity contribution is 7.98. The SMILES string of the molecule is CC(C)(C)c1nc(CSc2nnc(CN3CCCCC3)n2-c2ccc(F)cc2)cs1. The van der Waals surface area contributed by atoms with Crippen molar-refractivity contribution in [3.8, 4) is 5.69 Å². The molecule has 0 aliphatic carbocycles. The first-order valence-electron chi connectivity index (χ1n) is 10.4. The van der Waals surface area contributed by atoms with Gasteiger partial charge in [0.05, 0.1) is 17.2 Å². The van der Waals surface area contributed by atoms with E-state index in [4.69, 9.17) is 4.98 Å². The highest BCUT2D eigenvalue weighted by Gasteiger charge is 2.21. The number of piperidine rings is 1. The highest BCUT2D eigenvalue weighted by Crippen LogP contribution is 2.30. The number of rotatable bonds is 6. The van der Waals surface area contributed by atoms with Gasteiger partial charge in [-0.25, -0.2) is 9.37 Å². The number of nitrogens with zero attached hydrogens (tertiary/aromatic N) is 5. The molecule has 0 spiro atoms. The van der Waals surface area contributed by atoms with Gasteiger partial charge < -0.3 is 0 Å². The van der Waals surface area contributed by atoms with Gasteiger partial charge in [-0.2, -0.15) is 0 Å². The second kappa shape index (κ2) is 9.16. The Morgan fingerprint density at radius 2 is 1.80 bits per heavy atom. The molecule has 8 heteroatoms. The first-order chi connectivity index (χ1) is 14.4. The fraction of sp³-hybridized carbons (Fsp3) is 0.500. The Hall–Kier alpha value is -1.77. The molecule has 1 aliphatic heterocycles. The number of benzene rings is 1. The molecule has 2 aromatic heterocycles. The smallest absolute Gasteiger partial charge is 0.196 e. The molecule has 1 fully saturated rings. The second-order valence-electron chi connectivity index (χ2n) is 8.73. The number of halogens is 1. The number of likely N-dealkylation sites (tertiary alicyclic amines) is 1. The highest BCUT2D eigenvalue weighted by atomic mass is 32.2. The van der Waals surface area contributed by atoms with Crippen LogP contribution in [0.4, 0.5) is 4.39 Å². The first kappa shape index (κ1) is 21.5. The Morgan fingerprint density at radius 3 is 2.47 bits per heavy atom. The fourth-order valence-electron chi connectivity index (χ4n) is 3.52. The third-order valence-corrected chi connectivity index (χ3v) is 7.42. The molecule has 0 bridgehead atoms. The molecular formula is C22H28FN5S2. The predicted molar refractivity (Wildman–Crippen MR) is 121 cm³/mol. The summed E-state index contributed by atoms with van der Waals surface area (Å²) < 4.78 is 15.6. The van der Waals surface area contributed by atoms with Crippen LogP contribution in [0, 0.1) is 5.82 Å².